The molecule has 1 heterocycles. The second-order valence-corrected chi connectivity index (χ2v) is 2.87. The summed E-state index contributed by atoms with van der Waals surface area (Å²) in [4.78, 5) is 0. The van der Waals surface area contributed by atoms with Gasteiger partial charge >= 0.3 is 0 Å². The van der Waals surface area contributed by atoms with Crippen LogP contribution in [0.3, 0.4) is 0 Å². The van der Waals surface area contributed by atoms with Crippen molar-refractivity contribution in [1.82, 2.24) is 5.16 Å². The van der Waals surface area contributed by atoms with Gasteiger partial charge in [0.2, 0.25) is 5.76 Å². The van der Waals surface area contributed by atoms with E-state index in [1.165, 1.54) is 0 Å². The minimum absolute atomic E-state index is 0.198. The largest absolute Gasteiger partial charge is 0.353 e. The Hall–Kier alpha value is -1.64. The molecule has 0 aliphatic heterocycles. The number of benzene rings is 1. The number of halogens is 1. The van der Waals surface area contributed by atoms with Crippen molar-refractivity contribution in [2.24, 2.45) is 0 Å². The molecule has 0 bridgehead atoms. The van der Waals surface area contributed by atoms with Gasteiger partial charge in [0.1, 0.15) is 6.20 Å². The normalized spacial score (nSPS) is 10.3. The highest BCUT2D eigenvalue weighted by molar-refractivity contribution is 5.58. The van der Waals surface area contributed by atoms with Gasteiger partial charge in [-0.2, -0.15) is 0 Å². The Bertz CT molecular complexity index is 422. The summed E-state index contributed by atoms with van der Waals surface area (Å²) in [6.07, 6.45) is 1.07. The molecular formula is C10H8FNO. The predicted octanol–water partition coefficient (Wildman–Crippen LogP) is 2.79. The molecule has 0 saturated carbocycles. The maximum absolute atomic E-state index is 13.0. The minimum atomic E-state index is -0.425. The maximum atomic E-state index is 13.0. The van der Waals surface area contributed by atoms with Gasteiger partial charge in [0.05, 0.1) is 0 Å². The molecule has 2 aromatic rings. The number of hydrogen-bond donors (Lipinski definition) is 0. The molecule has 0 unspecified atom stereocenters. The SMILES string of the molecule is Cc1cccc(-c2oncc2F)c1. The van der Waals surface area contributed by atoms with Gasteiger partial charge in [-0.15, -0.1) is 0 Å². The van der Waals surface area contributed by atoms with Gasteiger partial charge in [0.25, 0.3) is 0 Å². The third-order valence-corrected chi connectivity index (χ3v) is 1.81. The third-order valence-electron chi connectivity index (χ3n) is 1.81. The second-order valence-electron chi connectivity index (χ2n) is 2.87. The number of aryl methyl sites for hydroxylation is 1. The molecule has 1 aromatic heterocycles. The summed E-state index contributed by atoms with van der Waals surface area (Å²) in [6.45, 7) is 1.94. The average Bonchev–Trinajstić information content (AvgIpc) is 2.51. The van der Waals surface area contributed by atoms with Crippen LogP contribution in [0, 0.1) is 12.7 Å². The van der Waals surface area contributed by atoms with E-state index in [1.807, 2.05) is 25.1 Å². The lowest BCUT2D eigenvalue weighted by Crippen LogP contribution is -1.78. The Morgan fingerprint density at radius 2 is 2.23 bits per heavy atom. The molecule has 0 atom stereocenters. The predicted molar refractivity (Wildman–Crippen MR) is 46.6 cm³/mol. The van der Waals surface area contributed by atoms with E-state index in [2.05, 4.69) is 5.16 Å². The fraction of sp³-hybridized carbons (Fsp3) is 0.100. The molecule has 1 aromatic carbocycles. The molecule has 0 saturated heterocycles. The smallest absolute Gasteiger partial charge is 0.202 e. The van der Waals surface area contributed by atoms with Gasteiger partial charge in [-0.05, 0) is 13.0 Å². The number of rotatable bonds is 1. The van der Waals surface area contributed by atoms with Crippen molar-refractivity contribution >= 4 is 0 Å². The van der Waals surface area contributed by atoms with Crippen molar-refractivity contribution in [3.05, 3.63) is 41.8 Å². The molecule has 0 spiro atoms. The van der Waals surface area contributed by atoms with E-state index in [0.29, 0.717) is 0 Å². The van der Waals surface area contributed by atoms with E-state index in [0.717, 1.165) is 17.3 Å². The highest BCUT2D eigenvalue weighted by Gasteiger charge is 2.09. The van der Waals surface area contributed by atoms with E-state index >= 15 is 0 Å². The zero-order valence-corrected chi connectivity index (χ0v) is 7.12. The van der Waals surface area contributed by atoms with Crippen molar-refractivity contribution in [1.29, 1.82) is 0 Å². The molecule has 0 amide bonds. The van der Waals surface area contributed by atoms with Gasteiger partial charge in [0.15, 0.2) is 5.82 Å². The van der Waals surface area contributed by atoms with Crippen LogP contribution < -0.4 is 0 Å². The zero-order chi connectivity index (χ0) is 9.26. The zero-order valence-electron chi connectivity index (χ0n) is 7.12. The van der Waals surface area contributed by atoms with Crippen LogP contribution in [0.2, 0.25) is 0 Å². The fourth-order valence-electron chi connectivity index (χ4n) is 1.20. The monoisotopic (exact) mass is 177 g/mol. The van der Waals surface area contributed by atoms with Gasteiger partial charge in [-0.25, -0.2) is 4.39 Å². The van der Waals surface area contributed by atoms with Gasteiger partial charge in [0, 0.05) is 5.56 Å². The van der Waals surface area contributed by atoms with E-state index in [-0.39, 0.29) is 5.76 Å². The average molecular weight is 177 g/mol. The number of aromatic nitrogens is 1. The summed E-state index contributed by atoms with van der Waals surface area (Å²) in [5, 5.41) is 3.38. The van der Waals surface area contributed by atoms with Crippen molar-refractivity contribution in [2.75, 3.05) is 0 Å². The molecular weight excluding hydrogens is 169 g/mol. The summed E-state index contributed by atoms with van der Waals surface area (Å²) in [5.41, 5.74) is 1.78. The number of hydrogen-bond acceptors (Lipinski definition) is 2. The maximum Gasteiger partial charge on any atom is 0.202 e. The van der Waals surface area contributed by atoms with Gasteiger partial charge in [-0.1, -0.05) is 28.9 Å². The van der Waals surface area contributed by atoms with Crippen LogP contribution in [0.15, 0.2) is 35.0 Å². The highest BCUT2D eigenvalue weighted by Crippen LogP contribution is 2.22. The molecule has 0 aliphatic carbocycles. The van der Waals surface area contributed by atoms with Gasteiger partial charge in [-0.3, -0.25) is 0 Å². The Balaban J connectivity index is 2.53. The standard InChI is InChI=1S/C10H8FNO/c1-7-3-2-4-8(5-7)10-9(11)6-12-13-10/h2-6H,1H3. The van der Waals surface area contributed by atoms with Crippen molar-refractivity contribution in [3.8, 4) is 11.3 Å². The molecule has 13 heavy (non-hydrogen) atoms. The van der Waals surface area contributed by atoms with Crippen LogP contribution in [-0.2, 0) is 0 Å². The van der Waals surface area contributed by atoms with E-state index in [1.54, 1.807) is 6.07 Å². The summed E-state index contributed by atoms with van der Waals surface area (Å²) in [7, 11) is 0. The summed E-state index contributed by atoms with van der Waals surface area (Å²) >= 11 is 0. The fourth-order valence-corrected chi connectivity index (χ4v) is 1.20. The van der Waals surface area contributed by atoms with Crippen LogP contribution in [0.1, 0.15) is 5.56 Å². The molecule has 2 nitrogen and oxygen atoms in total. The van der Waals surface area contributed by atoms with Crippen molar-refractivity contribution in [2.45, 2.75) is 6.92 Å². The summed E-state index contributed by atoms with van der Waals surface area (Å²) in [5.74, 6) is -0.227. The van der Waals surface area contributed by atoms with Crippen LogP contribution in [-0.4, -0.2) is 5.16 Å². The lowest BCUT2D eigenvalue weighted by atomic mass is 10.1. The van der Waals surface area contributed by atoms with Crippen molar-refractivity contribution in [3.63, 3.8) is 0 Å². The van der Waals surface area contributed by atoms with Crippen molar-refractivity contribution < 1.29 is 8.91 Å². The molecule has 2 rings (SSSR count). The lowest BCUT2D eigenvalue weighted by Gasteiger charge is -1.96. The number of nitrogens with zero attached hydrogens (tertiary/aromatic N) is 1. The molecule has 0 N–H and O–H groups in total. The third kappa shape index (κ3) is 1.45. The Morgan fingerprint density at radius 1 is 1.38 bits per heavy atom. The van der Waals surface area contributed by atoms with E-state index in [9.17, 15) is 4.39 Å². The highest BCUT2D eigenvalue weighted by atomic mass is 19.1. The Kier molecular flexibility index (Phi) is 1.85. The van der Waals surface area contributed by atoms with E-state index in [4.69, 9.17) is 4.52 Å². The quantitative estimate of drug-likeness (QED) is 0.669. The molecule has 3 heteroatoms. The van der Waals surface area contributed by atoms with Crippen LogP contribution in [0.4, 0.5) is 4.39 Å². The second kappa shape index (κ2) is 3.01. The first kappa shape index (κ1) is 7.98. The van der Waals surface area contributed by atoms with E-state index < -0.39 is 5.82 Å². The first-order chi connectivity index (χ1) is 6.27. The molecule has 66 valence electrons. The Morgan fingerprint density at radius 3 is 2.85 bits per heavy atom. The summed E-state index contributed by atoms with van der Waals surface area (Å²) in [6, 6.07) is 7.44. The van der Waals surface area contributed by atoms with Crippen LogP contribution >= 0.6 is 0 Å². The topological polar surface area (TPSA) is 26.0 Å². The minimum Gasteiger partial charge on any atom is -0.353 e. The van der Waals surface area contributed by atoms with Crippen LogP contribution in [0.5, 0.6) is 0 Å². The molecule has 0 radical (unpaired) electrons. The molecule has 0 aliphatic rings. The summed E-state index contributed by atoms with van der Waals surface area (Å²) < 4.78 is 17.8. The molecule has 0 fully saturated rings. The van der Waals surface area contributed by atoms with Gasteiger partial charge < -0.3 is 4.52 Å². The first-order valence-corrected chi connectivity index (χ1v) is 3.94. The Labute approximate surface area is 75.0 Å². The van der Waals surface area contributed by atoms with Crippen LogP contribution in [0.25, 0.3) is 11.3 Å². The lowest BCUT2D eigenvalue weighted by molar-refractivity contribution is 0.428. The first-order valence-electron chi connectivity index (χ1n) is 3.94.